The van der Waals surface area contributed by atoms with E-state index in [2.05, 4.69) is 49.7 Å². The van der Waals surface area contributed by atoms with Gasteiger partial charge in [-0.15, -0.1) is 5.10 Å². The molecular formula is C27H27N7O2. The van der Waals surface area contributed by atoms with Crippen molar-refractivity contribution in [2.24, 2.45) is 0 Å². The van der Waals surface area contributed by atoms with Gasteiger partial charge in [0, 0.05) is 43.6 Å². The van der Waals surface area contributed by atoms with Crippen molar-refractivity contribution in [3.8, 4) is 5.75 Å². The van der Waals surface area contributed by atoms with E-state index in [9.17, 15) is 4.79 Å². The normalized spacial score (nSPS) is 23.5. The summed E-state index contributed by atoms with van der Waals surface area (Å²) in [5, 5.41) is 15.9. The number of ether oxygens (including phenoxy) is 1. The monoisotopic (exact) mass is 481 g/mol. The summed E-state index contributed by atoms with van der Waals surface area (Å²) < 4.78 is 7.98. The molecule has 3 aliphatic heterocycles. The molecule has 3 aliphatic rings. The van der Waals surface area contributed by atoms with Gasteiger partial charge in [0.25, 0.3) is 0 Å². The Morgan fingerprint density at radius 2 is 2.06 bits per heavy atom. The number of hydrogen-bond acceptors (Lipinski definition) is 6. The van der Waals surface area contributed by atoms with Crippen LogP contribution in [0.2, 0.25) is 0 Å². The third-order valence-electron chi connectivity index (χ3n) is 7.74. The molecular weight excluding hydrogens is 454 g/mol. The number of aromatic amines is 1. The number of rotatable bonds is 2. The number of aryl methyl sites for hydroxylation is 1. The molecule has 1 fully saturated rings. The zero-order chi connectivity index (χ0) is 24.1. The molecule has 5 heterocycles. The summed E-state index contributed by atoms with van der Waals surface area (Å²) in [5.74, 6) is 0.942. The lowest BCUT2D eigenvalue weighted by Crippen LogP contribution is -2.44. The third-order valence-corrected chi connectivity index (χ3v) is 7.74. The van der Waals surface area contributed by atoms with Crippen molar-refractivity contribution < 1.29 is 9.53 Å². The molecule has 0 unspecified atom stereocenters. The first-order chi connectivity index (χ1) is 17.7. The topological polar surface area (TPSA) is 92.2 Å². The van der Waals surface area contributed by atoms with Gasteiger partial charge in [0.15, 0.2) is 0 Å². The first-order valence-corrected chi connectivity index (χ1v) is 12.5. The van der Waals surface area contributed by atoms with Gasteiger partial charge in [0.1, 0.15) is 11.4 Å². The number of aromatic nitrogens is 5. The summed E-state index contributed by atoms with van der Waals surface area (Å²) in [6.07, 6.45) is 5.27. The van der Waals surface area contributed by atoms with Crippen LogP contribution in [0.1, 0.15) is 41.4 Å². The summed E-state index contributed by atoms with van der Waals surface area (Å²) >= 11 is 0. The molecule has 9 nitrogen and oxygen atoms in total. The molecule has 1 spiro atoms. The van der Waals surface area contributed by atoms with Crippen molar-refractivity contribution in [1.29, 1.82) is 0 Å². The Morgan fingerprint density at radius 3 is 2.97 bits per heavy atom. The molecule has 1 N–H and O–H groups in total. The van der Waals surface area contributed by atoms with Gasteiger partial charge in [-0.05, 0) is 41.8 Å². The van der Waals surface area contributed by atoms with Crippen molar-refractivity contribution in [3.63, 3.8) is 0 Å². The number of amides is 1. The van der Waals surface area contributed by atoms with Gasteiger partial charge in [-0.3, -0.25) is 19.5 Å². The number of anilines is 1. The summed E-state index contributed by atoms with van der Waals surface area (Å²) in [4.78, 5) is 18.9. The number of carbonyl (C=O) groups excluding carboxylic acids is 1. The SMILES string of the molecule is O=C1N2Cc3cn(nn3)CCCOc3cccc(c3)[C@@H]3N(Cc4ccn[nH]4)CC[C@@]13c1ccccc12. The van der Waals surface area contributed by atoms with Crippen molar-refractivity contribution >= 4 is 11.6 Å². The zero-order valence-corrected chi connectivity index (χ0v) is 19.9. The first kappa shape index (κ1) is 21.3. The third kappa shape index (κ3) is 3.26. The Kier molecular flexibility index (Phi) is 4.92. The molecule has 7 rings (SSSR count). The highest BCUT2D eigenvalue weighted by molar-refractivity contribution is 6.09. The number of likely N-dealkylation sites (tertiary alicyclic amines) is 1. The smallest absolute Gasteiger partial charge is 0.240 e. The fourth-order valence-corrected chi connectivity index (χ4v) is 6.24. The van der Waals surface area contributed by atoms with Crippen LogP contribution in [-0.2, 0) is 29.8 Å². The fraction of sp³-hybridized carbons (Fsp3) is 0.333. The van der Waals surface area contributed by atoms with Gasteiger partial charge in [0.2, 0.25) is 5.91 Å². The first-order valence-electron chi connectivity index (χ1n) is 12.5. The molecule has 0 saturated carbocycles. The van der Waals surface area contributed by atoms with Crippen LogP contribution in [0.5, 0.6) is 5.75 Å². The Morgan fingerprint density at radius 1 is 1.11 bits per heavy atom. The Bertz CT molecular complexity index is 1420. The molecule has 2 atom stereocenters. The Balaban J connectivity index is 1.41. The number of carbonyl (C=O) groups is 1. The highest BCUT2D eigenvalue weighted by Crippen LogP contribution is 2.57. The van der Waals surface area contributed by atoms with Crippen molar-refractivity contribution in [2.75, 3.05) is 18.1 Å². The lowest BCUT2D eigenvalue weighted by atomic mass is 9.72. The van der Waals surface area contributed by atoms with Crippen molar-refractivity contribution in [2.45, 2.75) is 43.9 Å². The van der Waals surface area contributed by atoms with Gasteiger partial charge in [-0.2, -0.15) is 5.10 Å². The standard InChI is InChI=1S/C27H27N7O2/c35-26-27-10-13-32(16-20-9-11-28-29-20)25(27)19-5-3-6-22(15-19)36-14-4-12-33-17-21(30-31-33)18-34(26)24-8-2-1-7-23(24)27/h1-3,5-9,11,15,17,25H,4,10,12-14,16,18H2,(H,28,29)/t25-,27-/m0/s1. The van der Waals surface area contributed by atoms with Crippen molar-refractivity contribution in [3.05, 3.63) is 89.5 Å². The van der Waals surface area contributed by atoms with Crippen molar-refractivity contribution in [1.82, 2.24) is 30.1 Å². The van der Waals surface area contributed by atoms with Crippen LogP contribution < -0.4 is 9.64 Å². The number of hydrogen-bond donors (Lipinski definition) is 1. The van der Waals surface area contributed by atoms with Gasteiger partial charge in [0.05, 0.1) is 30.8 Å². The van der Waals surface area contributed by atoms with Crippen LogP contribution in [0.25, 0.3) is 0 Å². The van der Waals surface area contributed by atoms with E-state index in [0.29, 0.717) is 26.2 Å². The number of fused-ring (bicyclic) bond motifs is 8. The number of para-hydroxylation sites is 1. The van der Waals surface area contributed by atoms with E-state index in [4.69, 9.17) is 4.74 Å². The summed E-state index contributed by atoms with van der Waals surface area (Å²) in [5.41, 5.74) is 4.25. The molecule has 36 heavy (non-hydrogen) atoms. The van der Waals surface area contributed by atoms with Gasteiger partial charge in [-0.1, -0.05) is 35.5 Å². The second-order valence-electron chi connectivity index (χ2n) is 9.83. The molecule has 1 amide bonds. The van der Waals surface area contributed by atoms with E-state index in [0.717, 1.165) is 53.3 Å². The van der Waals surface area contributed by atoms with Gasteiger partial charge >= 0.3 is 0 Å². The number of benzene rings is 2. The summed E-state index contributed by atoms with van der Waals surface area (Å²) in [6.45, 7) is 3.17. The molecule has 6 bridgehead atoms. The van der Waals surface area contributed by atoms with E-state index in [1.807, 2.05) is 46.1 Å². The van der Waals surface area contributed by atoms with E-state index in [-0.39, 0.29) is 11.9 Å². The van der Waals surface area contributed by atoms with Crippen LogP contribution in [0.3, 0.4) is 0 Å². The van der Waals surface area contributed by atoms with E-state index in [1.54, 1.807) is 6.20 Å². The highest BCUT2D eigenvalue weighted by Gasteiger charge is 2.60. The minimum Gasteiger partial charge on any atom is -0.494 e. The minimum absolute atomic E-state index is 0.122. The molecule has 2 aromatic carbocycles. The van der Waals surface area contributed by atoms with Gasteiger partial charge in [-0.25, -0.2) is 0 Å². The summed E-state index contributed by atoms with van der Waals surface area (Å²) in [6, 6.07) is 18.4. The maximum Gasteiger partial charge on any atom is 0.240 e. The Labute approximate surface area is 208 Å². The average molecular weight is 482 g/mol. The van der Waals surface area contributed by atoms with Crippen LogP contribution >= 0.6 is 0 Å². The molecule has 9 heteroatoms. The van der Waals surface area contributed by atoms with E-state index < -0.39 is 5.41 Å². The quantitative estimate of drug-likeness (QED) is 0.473. The molecule has 4 aromatic rings. The predicted octanol–water partition coefficient (Wildman–Crippen LogP) is 3.22. The predicted molar refractivity (Wildman–Crippen MR) is 132 cm³/mol. The maximum absolute atomic E-state index is 14.6. The zero-order valence-electron chi connectivity index (χ0n) is 19.9. The maximum atomic E-state index is 14.6. The van der Waals surface area contributed by atoms with Crippen LogP contribution in [0, 0.1) is 0 Å². The number of nitrogens with one attached hydrogen (secondary N) is 1. The lowest BCUT2D eigenvalue weighted by Gasteiger charge is -2.35. The van der Waals surface area contributed by atoms with Gasteiger partial charge < -0.3 is 9.64 Å². The van der Waals surface area contributed by atoms with Crippen LogP contribution in [-0.4, -0.2) is 49.1 Å². The molecule has 0 aliphatic carbocycles. The highest BCUT2D eigenvalue weighted by atomic mass is 16.5. The molecule has 182 valence electrons. The molecule has 1 saturated heterocycles. The molecule has 0 radical (unpaired) electrons. The second kappa shape index (κ2) is 8.30. The summed E-state index contributed by atoms with van der Waals surface area (Å²) in [7, 11) is 0. The average Bonchev–Trinajstić information content (AvgIpc) is 3.68. The van der Waals surface area contributed by atoms with E-state index >= 15 is 0 Å². The van der Waals surface area contributed by atoms with E-state index in [1.165, 1.54) is 0 Å². The van der Waals surface area contributed by atoms with Crippen LogP contribution in [0.15, 0.2) is 67.0 Å². The largest absolute Gasteiger partial charge is 0.494 e. The Hall–Kier alpha value is -3.98. The van der Waals surface area contributed by atoms with Crippen LogP contribution in [0.4, 0.5) is 5.69 Å². The minimum atomic E-state index is -0.703. The fourth-order valence-electron chi connectivity index (χ4n) is 6.24. The number of nitrogens with zero attached hydrogens (tertiary/aromatic N) is 6. The number of H-pyrrole nitrogens is 1. The molecule has 2 aromatic heterocycles. The second-order valence-corrected chi connectivity index (χ2v) is 9.83. The lowest BCUT2D eigenvalue weighted by molar-refractivity contribution is -0.124.